The van der Waals surface area contributed by atoms with Crippen molar-refractivity contribution in [1.82, 2.24) is 0 Å². The Bertz CT molecular complexity index is 426. The molecule has 2 bridgehead atoms. The molecule has 0 N–H and O–H groups in total. The molecule has 2 saturated carbocycles. The molecule has 0 aliphatic heterocycles. The second kappa shape index (κ2) is 4.18. The number of hydrogen-bond acceptors (Lipinski definition) is 2. The molecule has 6 heteroatoms. The van der Waals surface area contributed by atoms with Crippen LogP contribution >= 0.6 is 46.4 Å². The summed E-state index contributed by atoms with van der Waals surface area (Å²) in [6, 6.07) is 0. The third-order valence-corrected chi connectivity index (χ3v) is 7.89. The molecule has 0 amide bonds. The minimum Gasteiger partial charge on any atom is -0.350 e. The maximum absolute atomic E-state index is 6.91. The quantitative estimate of drug-likeness (QED) is 0.548. The maximum atomic E-state index is 6.91. The van der Waals surface area contributed by atoms with Crippen molar-refractivity contribution in [1.29, 1.82) is 0 Å². The number of halogens is 4. The van der Waals surface area contributed by atoms with Crippen LogP contribution in [0.5, 0.6) is 0 Å². The van der Waals surface area contributed by atoms with Crippen LogP contribution < -0.4 is 0 Å². The molecule has 108 valence electrons. The molecule has 5 atom stereocenters. The summed E-state index contributed by atoms with van der Waals surface area (Å²) >= 11 is 26.7. The van der Waals surface area contributed by atoms with Crippen LogP contribution in [0.15, 0.2) is 10.1 Å². The Kier molecular flexibility index (Phi) is 3.24. The standard InChI is InChI=1S/C13H16Cl4O2/c1-6-4-7-8(5-6)12(17)10(15)9(14)11(7,16)13(12,18-2)19-3/h6-8H,4-5H2,1-3H3/t6?,7-,8+,11-,12+. The van der Waals surface area contributed by atoms with Crippen LogP contribution in [-0.4, -0.2) is 29.8 Å². The van der Waals surface area contributed by atoms with Gasteiger partial charge in [0.05, 0.1) is 10.1 Å². The van der Waals surface area contributed by atoms with Crippen molar-refractivity contribution in [2.75, 3.05) is 14.2 Å². The highest BCUT2D eigenvalue weighted by molar-refractivity contribution is 6.52. The number of hydrogen-bond donors (Lipinski definition) is 0. The average Bonchev–Trinajstić information content (AvgIpc) is 2.89. The summed E-state index contributed by atoms with van der Waals surface area (Å²) in [4.78, 5) is -1.99. The zero-order valence-corrected chi connectivity index (χ0v) is 14.0. The molecule has 0 heterocycles. The fourth-order valence-corrected chi connectivity index (χ4v) is 6.79. The predicted octanol–water partition coefficient (Wildman–Crippen LogP) is 4.31. The summed E-state index contributed by atoms with van der Waals surface area (Å²) < 4.78 is 11.3. The van der Waals surface area contributed by atoms with Gasteiger partial charge >= 0.3 is 0 Å². The van der Waals surface area contributed by atoms with Gasteiger partial charge in [0.15, 0.2) is 0 Å². The Balaban J connectivity index is 2.26. The number of alkyl halides is 2. The van der Waals surface area contributed by atoms with Crippen LogP contribution in [0.3, 0.4) is 0 Å². The molecule has 3 rings (SSSR count). The van der Waals surface area contributed by atoms with Gasteiger partial charge in [-0.15, -0.1) is 23.2 Å². The summed E-state index contributed by atoms with van der Waals surface area (Å²) in [6.45, 7) is 2.20. The summed E-state index contributed by atoms with van der Waals surface area (Å²) in [5.74, 6) is -0.412. The van der Waals surface area contributed by atoms with E-state index < -0.39 is 15.5 Å². The molecule has 0 radical (unpaired) electrons. The predicted molar refractivity (Wildman–Crippen MR) is 78.0 cm³/mol. The van der Waals surface area contributed by atoms with Gasteiger partial charge in [0.2, 0.25) is 5.79 Å². The third kappa shape index (κ3) is 1.27. The molecule has 1 unspecified atom stereocenters. The first-order valence-corrected chi connectivity index (χ1v) is 7.86. The Labute approximate surface area is 133 Å². The van der Waals surface area contributed by atoms with E-state index in [1.165, 1.54) is 0 Å². The van der Waals surface area contributed by atoms with Gasteiger partial charge in [-0.2, -0.15) is 0 Å². The van der Waals surface area contributed by atoms with E-state index in [1.807, 2.05) is 0 Å². The largest absolute Gasteiger partial charge is 0.350 e. The molecule has 0 saturated heterocycles. The fourth-order valence-electron chi connectivity index (χ4n) is 4.54. The van der Waals surface area contributed by atoms with Crippen molar-refractivity contribution in [2.24, 2.45) is 17.8 Å². The van der Waals surface area contributed by atoms with Gasteiger partial charge < -0.3 is 9.47 Å². The second-order valence-corrected chi connectivity index (χ2v) is 7.81. The van der Waals surface area contributed by atoms with E-state index in [0.29, 0.717) is 16.0 Å². The van der Waals surface area contributed by atoms with Crippen LogP contribution in [0.4, 0.5) is 0 Å². The van der Waals surface area contributed by atoms with Crippen LogP contribution in [0.25, 0.3) is 0 Å². The first-order valence-electron chi connectivity index (χ1n) is 6.35. The Morgan fingerprint density at radius 2 is 1.32 bits per heavy atom. The lowest BCUT2D eigenvalue weighted by atomic mass is 9.85. The van der Waals surface area contributed by atoms with Crippen LogP contribution in [0.2, 0.25) is 0 Å². The lowest BCUT2D eigenvalue weighted by molar-refractivity contribution is -0.221. The summed E-state index contributed by atoms with van der Waals surface area (Å²) in [5.41, 5.74) is 0. The van der Waals surface area contributed by atoms with Gasteiger partial charge in [0.25, 0.3) is 0 Å². The van der Waals surface area contributed by atoms with Crippen molar-refractivity contribution in [3.63, 3.8) is 0 Å². The molecule has 0 aromatic carbocycles. The van der Waals surface area contributed by atoms with E-state index in [4.69, 9.17) is 55.9 Å². The molecular weight excluding hydrogens is 330 g/mol. The van der Waals surface area contributed by atoms with Gasteiger partial charge in [-0.1, -0.05) is 30.1 Å². The second-order valence-electron chi connectivity index (χ2n) is 5.87. The van der Waals surface area contributed by atoms with Crippen LogP contribution in [0, 0.1) is 17.8 Å². The Hall–Kier alpha value is 0.820. The van der Waals surface area contributed by atoms with Gasteiger partial charge in [0.1, 0.15) is 9.75 Å². The number of ether oxygens (including phenoxy) is 2. The lowest BCUT2D eigenvalue weighted by Gasteiger charge is -2.42. The Morgan fingerprint density at radius 1 is 0.947 bits per heavy atom. The lowest BCUT2D eigenvalue weighted by Crippen LogP contribution is -2.58. The molecule has 2 nitrogen and oxygen atoms in total. The normalized spacial score (nSPS) is 51.0. The monoisotopic (exact) mass is 344 g/mol. The number of rotatable bonds is 2. The molecule has 3 aliphatic carbocycles. The van der Waals surface area contributed by atoms with Crippen LogP contribution in [-0.2, 0) is 9.47 Å². The minimum atomic E-state index is -1.20. The molecular formula is C13H16Cl4O2. The number of methoxy groups -OCH3 is 2. The highest BCUT2D eigenvalue weighted by atomic mass is 35.5. The van der Waals surface area contributed by atoms with Crippen LogP contribution in [0.1, 0.15) is 19.8 Å². The first-order chi connectivity index (χ1) is 8.81. The SMILES string of the molecule is COC1(OC)[C@@]2(Cl)C(Cl)=C(Cl)[C@]1(Cl)[C@@H]1CC(C)C[C@@H]12. The van der Waals surface area contributed by atoms with Crippen molar-refractivity contribution in [3.05, 3.63) is 10.1 Å². The van der Waals surface area contributed by atoms with Crippen molar-refractivity contribution >= 4 is 46.4 Å². The topological polar surface area (TPSA) is 18.5 Å². The molecule has 0 spiro atoms. The van der Waals surface area contributed by atoms with Gasteiger partial charge in [-0.3, -0.25) is 0 Å². The van der Waals surface area contributed by atoms with E-state index in [0.717, 1.165) is 12.8 Å². The van der Waals surface area contributed by atoms with Gasteiger partial charge in [-0.05, 0) is 30.6 Å². The van der Waals surface area contributed by atoms with Crippen molar-refractivity contribution < 1.29 is 9.47 Å². The van der Waals surface area contributed by atoms with E-state index in [2.05, 4.69) is 6.92 Å². The van der Waals surface area contributed by atoms with E-state index in [9.17, 15) is 0 Å². The van der Waals surface area contributed by atoms with E-state index >= 15 is 0 Å². The molecule has 0 aromatic rings. The molecule has 19 heavy (non-hydrogen) atoms. The first kappa shape index (κ1) is 14.7. The molecule has 2 fully saturated rings. The summed E-state index contributed by atoms with van der Waals surface area (Å²) in [7, 11) is 3.09. The minimum absolute atomic E-state index is 0.122. The summed E-state index contributed by atoms with van der Waals surface area (Å²) in [6.07, 6.45) is 1.91. The zero-order valence-electron chi connectivity index (χ0n) is 11.0. The highest BCUT2D eigenvalue weighted by Gasteiger charge is 2.85. The average molecular weight is 346 g/mol. The maximum Gasteiger partial charge on any atom is 0.217 e. The molecule has 3 aliphatic rings. The van der Waals surface area contributed by atoms with Crippen molar-refractivity contribution in [2.45, 2.75) is 35.3 Å². The molecule has 0 aromatic heterocycles. The highest BCUT2D eigenvalue weighted by Crippen LogP contribution is 2.77. The van der Waals surface area contributed by atoms with E-state index in [1.54, 1.807) is 14.2 Å². The smallest absolute Gasteiger partial charge is 0.217 e. The third-order valence-electron chi connectivity index (χ3n) is 5.18. The zero-order chi connectivity index (χ0) is 14.2. The Morgan fingerprint density at radius 3 is 1.63 bits per heavy atom. The van der Waals surface area contributed by atoms with E-state index in [-0.39, 0.29) is 11.8 Å². The van der Waals surface area contributed by atoms with Crippen molar-refractivity contribution in [3.8, 4) is 0 Å². The fraction of sp³-hybridized carbons (Fsp3) is 0.846. The van der Waals surface area contributed by atoms with Gasteiger partial charge in [-0.25, -0.2) is 0 Å². The number of fused-ring (bicyclic) bond motifs is 5. The van der Waals surface area contributed by atoms with Gasteiger partial charge in [0, 0.05) is 14.2 Å². The summed E-state index contributed by atoms with van der Waals surface area (Å²) in [5, 5.41) is 0.759.